The second-order valence-corrected chi connectivity index (χ2v) is 8.05. The zero-order valence-corrected chi connectivity index (χ0v) is 18.5. The first kappa shape index (κ1) is 20.9. The van der Waals surface area contributed by atoms with Gasteiger partial charge in [-0.25, -0.2) is 4.98 Å². The number of benzene rings is 3. The van der Waals surface area contributed by atoms with Crippen LogP contribution in [0, 0.1) is 0 Å². The number of nitrogens with zero attached hydrogens (tertiary/aromatic N) is 3. The molecule has 4 nitrogen and oxygen atoms in total. The Morgan fingerprint density at radius 3 is 2.10 bits per heavy atom. The summed E-state index contributed by atoms with van der Waals surface area (Å²) in [7, 11) is 4.13. The maximum Gasteiger partial charge on any atom is 0.133 e. The Balaban J connectivity index is 1.47. The molecular weight excluding hydrogens is 380 g/mol. The number of nitrogens with one attached hydrogen (secondary N) is 1. The van der Waals surface area contributed by atoms with Crippen molar-refractivity contribution in [3.63, 3.8) is 0 Å². The van der Waals surface area contributed by atoms with E-state index in [1.54, 1.807) is 0 Å². The summed E-state index contributed by atoms with van der Waals surface area (Å²) in [4.78, 5) is 9.38. The topological polar surface area (TPSA) is 31.4 Å². The maximum atomic E-state index is 4.80. The number of hydrogen-bond acceptors (Lipinski definition) is 4. The van der Waals surface area contributed by atoms with Gasteiger partial charge in [-0.3, -0.25) is 4.90 Å². The highest BCUT2D eigenvalue weighted by atomic mass is 15.1. The molecule has 0 spiro atoms. The van der Waals surface area contributed by atoms with Crippen molar-refractivity contribution in [1.82, 2.24) is 9.88 Å². The second kappa shape index (κ2) is 9.63. The Morgan fingerprint density at radius 1 is 0.774 bits per heavy atom. The minimum absolute atomic E-state index is 0.856. The molecule has 158 valence electrons. The summed E-state index contributed by atoms with van der Waals surface area (Å²) in [5.41, 5.74) is 5.85. The minimum atomic E-state index is 0.856. The van der Waals surface area contributed by atoms with Gasteiger partial charge in [-0.1, -0.05) is 67.6 Å². The fourth-order valence-corrected chi connectivity index (χ4v) is 3.81. The van der Waals surface area contributed by atoms with Gasteiger partial charge in [-0.05, 0) is 35.9 Å². The molecule has 1 heterocycles. The lowest BCUT2D eigenvalue weighted by Gasteiger charge is -2.21. The number of aromatic nitrogens is 1. The lowest BCUT2D eigenvalue weighted by Crippen LogP contribution is -2.22. The first-order valence-corrected chi connectivity index (χ1v) is 10.8. The Kier molecular flexibility index (Phi) is 6.48. The van der Waals surface area contributed by atoms with Gasteiger partial charge in [0.1, 0.15) is 5.82 Å². The smallest absolute Gasteiger partial charge is 0.133 e. The zero-order chi connectivity index (χ0) is 21.6. The van der Waals surface area contributed by atoms with Crippen LogP contribution >= 0.6 is 0 Å². The fraction of sp³-hybridized carbons (Fsp3) is 0.222. The molecule has 31 heavy (non-hydrogen) atoms. The van der Waals surface area contributed by atoms with E-state index in [9.17, 15) is 0 Å². The average Bonchev–Trinajstić information content (AvgIpc) is 2.80. The molecule has 1 aromatic heterocycles. The normalized spacial score (nSPS) is 11.1. The van der Waals surface area contributed by atoms with Crippen LogP contribution in [0.3, 0.4) is 0 Å². The largest absolute Gasteiger partial charge is 0.377 e. The molecule has 0 saturated heterocycles. The molecule has 0 fully saturated rings. The molecule has 0 aliphatic heterocycles. The van der Waals surface area contributed by atoms with E-state index in [1.165, 1.54) is 11.1 Å². The molecule has 0 atom stereocenters. The highest BCUT2D eigenvalue weighted by molar-refractivity contribution is 5.93. The Bertz CT molecular complexity index is 1120. The highest BCUT2D eigenvalue weighted by Gasteiger charge is 2.08. The molecule has 0 saturated carbocycles. The van der Waals surface area contributed by atoms with E-state index in [2.05, 4.69) is 115 Å². The van der Waals surface area contributed by atoms with Gasteiger partial charge in [0.15, 0.2) is 0 Å². The third-order valence-corrected chi connectivity index (χ3v) is 5.50. The van der Waals surface area contributed by atoms with Gasteiger partial charge in [0.05, 0.1) is 5.52 Å². The van der Waals surface area contributed by atoms with E-state index in [0.717, 1.165) is 47.7 Å². The van der Waals surface area contributed by atoms with E-state index in [1.807, 2.05) is 6.07 Å². The number of pyridine rings is 1. The summed E-state index contributed by atoms with van der Waals surface area (Å²) >= 11 is 0. The summed E-state index contributed by atoms with van der Waals surface area (Å²) in [6.45, 7) is 5.13. The molecule has 0 amide bonds. The lowest BCUT2D eigenvalue weighted by atomic mass is 10.1. The van der Waals surface area contributed by atoms with Gasteiger partial charge < -0.3 is 10.2 Å². The van der Waals surface area contributed by atoms with E-state index >= 15 is 0 Å². The van der Waals surface area contributed by atoms with Crippen LogP contribution in [-0.4, -0.2) is 30.5 Å². The second-order valence-electron chi connectivity index (χ2n) is 8.05. The maximum absolute atomic E-state index is 4.80. The first-order valence-electron chi connectivity index (χ1n) is 10.8. The van der Waals surface area contributed by atoms with Gasteiger partial charge >= 0.3 is 0 Å². The minimum Gasteiger partial charge on any atom is -0.377 e. The molecule has 0 radical (unpaired) electrons. The van der Waals surface area contributed by atoms with Crippen LogP contribution in [0.2, 0.25) is 0 Å². The molecule has 1 N–H and O–H groups in total. The van der Waals surface area contributed by atoms with Crippen molar-refractivity contribution in [2.75, 3.05) is 30.9 Å². The van der Waals surface area contributed by atoms with Crippen molar-refractivity contribution in [1.29, 1.82) is 0 Å². The molecule has 3 aromatic carbocycles. The third kappa shape index (κ3) is 5.22. The number of anilines is 3. The van der Waals surface area contributed by atoms with E-state index in [0.29, 0.717) is 0 Å². The van der Waals surface area contributed by atoms with Crippen LogP contribution in [-0.2, 0) is 13.1 Å². The summed E-state index contributed by atoms with van der Waals surface area (Å²) in [6.07, 6.45) is 0. The van der Waals surface area contributed by atoms with Gasteiger partial charge in [0.25, 0.3) is 0 Å². The molecule has 4 heteroatoms. The van der Waals surface area contributed by atoms with E-state index in [-0.39, 0.29) is 0 Å². The van der Waals surface area contributed by atoms with Crippen LogP contribution < -0.4 is 10.2 Å². The average molecular weight is 411 g/mol. The first-order chi connectivity index (χ1) is 15.1. The van der Waals surface area contributed by atoms with Crippen molar-refractivity contribution >= 4 is 28.1 Å². The van der Waals surface area contributed by atoms with Crippen molar-refractivity contribution < 1.29 is 0 Å². The summed E-state index contributed by atoms with van der Waals surface area (Å²) in [6, 6.07) is 29.7. The summed E-state index contributed by atoms with van der Waals surface area (Å²) in [5.74, 6) is 0.856. The van der Waals surface area contributed by atoms with Gasteiger partial charge in [0.2, 0.25) is 0 Å². The van der Waals surface area contributed by atoms with Crippen molar-refractivity contribution in [2.45, 2.75) is 20.0 Å². The van der Waals surface area contributed by atoms with Gasteiger partial charge in [0, 0.05) is 50.0 Å². The molecule has 0 bridgehead atoms. The van der Waals surface area contributed by atoms with Crippen LogP contribution in [0.5, 0.6) is 0 Å². The van der Waals surface area contributed by atoms with Crippen molar-refractivity contribution in [2.24, 2.45) is 0 Å². The molecular formula is C27H30N4. The quantitative estimate of drug-likeness (QED) is 0.382. The molecule has 4 aromatic rings. The fourth-order valence-electron chi connectivity index (χ4n) is 3.81. The third-order valence-electron chi connectivity index (χ3n) is 5.50. The standard InChI is InChI=1S/C27H30N4/c1-4-31(19-21-10-6-5-7-11-21)20-22-14-16-23(17-15-22)28-27-18-26(30(2)3)24-12-8-9-13-25(24)29-27/h5-18H,4,19-20H2,1-3H3,(H,28,29). The van der Waals surface area contributed by atoms with Crippen LogP contribution in [0.4, 0.5) is 17.2 Å². The van der Waals surface area contributed by atoms with Gasteiger partial charge in [-0.2, -0.15) is 0 Å². The van der Waals surface area contributed by atoms with Crippen molar-refractivity contribution in [3.05, 3.63) is 96.1 Å². The number of rotatable bonds is 8. The Morgan fingerprint density at radius 2 is 1.42 bits per heavy atom. The summed E-state index contributed by atoms with van der Waals surface area (Å²) in [5, 5.41) is 4.63. The van der Waals surface area contributed by atoms with Crippen LogP contribution in [0.25, 0.3) is 10.9 Å². The Hall–Kier alpha value is -3.37. The van der Waals surface area contributed by atoms with Crippen LogP contribution in [0.15, 0.2) is 84.9 Å². The monoisotopic (exact) mass is 410 g/mol. The summed E-state index contributed by atoms with van der Waals surface area (Å²) < 4.78 is 0. The zero-order valence-electron chi connectivity index (χ0n) is 18.5. The molecule has 0 unspecified atom stereocenters. The van der Waals surface area contributed by atoms with Crippen molar-refractivity contribution in [3.8, 4) is 0 Å². The molecule has 0 aliphatic rings. The van der Waals surface area contributed by atoms with E-state index in [4.69, 9.17) is 4.98 Å². The Labute approximate surface area is 185 Å². The van der Waals surface area contributed by atoms with Crippen LogP contribution in [0.1, 0.15) is 18.1 Å². The number of para-hydroxylation sites is 1. The predicted molar refractivity (Wildman–Crippen MR) is 132 cm³/mol. The number of fused-ring (bicyclic) bond motifs is 1. The van der Waals surface area contributed by atoms with E-state index < -0.39 is 0 Å². The highest BCUT2D eigenvalue weighted by Crippen LogP contribution is 2.28. The van der Waals surface area contributed by atoms with Gasteiger partial charge in [-0.15, -0.1) is 0 Å². The molecule has 0 aliphatic carbocycles. The predicted octanol–water partition coefficient (Wildman–Crippen LogP) is 6.07. The molecule has 4 rings (SSSR count). The SMILES string of the molecule is CCN(Cc1ccccc1)Cc1ccc(Nc2cc(N(C)C)c3ccccc3n2)cc1. The lowest BCUT2D eigenvalue weighted by molar-refractivity contribution is 0.271. The number of hydrogen-bond donors (Lipinski definition) is 1.